The predicted octanol–water partition coefficient (Wildman–Crippen LogP) is 6.11. The van der Waals surface area contributed by atoms with Crippen LogP contribution in [0.15, 0.2) is 30.3 Å². The van der Waals surface area contributed by atoms with Crippen LogP contribution in [0.5, 0.6) is 5.75 Å². The Hall–Kier alpha value is -3.30. The molecule has 1 aliphatic carbocycles. The Morgan fingerprint density at radius 3 is 2.52 bits per heavy atom. The number of amides is 1. The molecule has 1 unspecified atom stereocenters. The summed E-state index contributed by atoms with van der Waals surface area (Å²) in [6.45, 7) is 15.2. The van der Waals surface area contributed by atoms with E-state index in [0.29, 0.717) is 13.2 Å². The van der Waals surface area contributed by atoms with Crippen LogP contribution in [-0.2, 0) is 33.5 Å². The van der Waals surface area contributed by atoms with Crippen molar-refractivity contribution in [2.75, 3.05) is 6.54 Å². The van der Waals surface area contributed by atoms with Crippen molar-refractivity contribution in [1.29, 1.82) is 0 Å². The summed E-state index contributed by atoms with van der Waals surface area (Å²) >= 11 is 0. The number of hydrogen-bond donors (Lipinski definition) is 1. The van der Waals surface area contributed by atoms with E-state index in [1.54, 1.807) is 0 Å². The van der Waals surface area contributed by atoms with Crippen molar-refractivity contribution in [1.82, 2.24) is 14.9 Å². The van der Waals surface area contributed by atoms with E-state index in [2.05, 4.69) is 63.0 Å². The molecule has 3 aliphatic heterocycles. The Morgan fingerprint density at radius 1 is 1.02 bits per heavy atom. The highest BCUT2D eigenvalue weighted by molar-refractivity contribution is 6.62. The third-order valence-corrected chi connectivity index (χ3v) is 9.43. The van der Waals surface area contributed by atoms with Crippen LogP contribution in [0.2, 0.25) is 0 Å². The second kappa shape index (κ2) is 9.35. The van der Waals surface area contributed by atoms with Gasteiger partial charge >= 0.3 is 13.2 Å². The Balaban J connectivity index is 1.17. The second-order valence-corrected chi connectivity index (χ2v) is 14.1. The molecule has 42 heavy (non-hydrogen) atoms. The standard InChI is InChI=1S/C33H40BN3O5/c1-31(2,3)40-30(38)37-14-8-9-26(37)29-35-25-13-10-19-16-24-22-12-11-21(34-41-32(4,5)33(6,7)42-34)15-20(22)18-39-27(24)17-23(19)28(25)36-29/h11-12,15-17,26H,8-10,13-14,18H2,1-7H3,(H,35,36). The van der Waals surface area contributed by atoms with Crippen molar-refractivity contribution in [2.24, 2.45) is 0 Å². The lowest BCUT2D eigenvalue weighted by atomic mass is 9.76. The smallest absolute Gasteiger partial charge is 0.488 e. The quantitative estimate of drug-likeness (QED) is 0.375. The lowest BCUT2D eigenvalue weighted by Crippen LogP contribution is -2.41. The number of benzene rings is 2. The van der Waals surface area contributed by atoms with Crippen LogP contribution in [0.25, 0.3) is 22.4 Å². The van der Waals surface area contributed by atoms with E-state index in [0.717, 1.165) is 70.8 Å². The fourth-order valence-corrected chi connectivity index (χ4v) is 6.50. The van der Waals surface area contributed by atoms with Gasteiger partial charge in [0.1, 0.15) is 23.8 Å². The summed E-state index contributed by atoms with van der Waals surface area (Å²) in [5, 5.41) is 0. The van der Waals surface area contributed by atoms with Crippen molar-refractivity contribution in [3.05, 3.63) is 53.0 Å². The van der Waals surface area contributed by atoms with Gasteiger partial charge in [-0.1, -0.05) is 18.2 Å². The largest absolute Gasteiger partial charge is 0.494 e. The summed E-state index contributed by atoms with van der Waals surface area (Å²) in [6, 6.07) is 10.8. The average Bonchev–Trinajstić information content (AvgIpc) is 3.62. The highest BCUT2D eigenvalue weighted by atomic mass is 16.7. The SMILES string of the molecule is CC(C)(C)OC(=O)N1CCCC1c1nc2c([nH]1)CCc1cc3c(cc1-2)OCc1cc(B2OC(C)(C)C(C)(C)O2)ccc1-3. The molecule has 220 valence electrons. The number of likely N-dealkylation sites (tertiary alicyclic amines) is 1. The zero-order valence-electron chi connectivity index (χ0n) is 25.7. The number of aryl methyl sites for hydroxylation is 2. The molecular formula is C33H40BN3O5. The van der Waals surface area contributed by atoms with Crippen LogP contribution in [0, 0.1) is 0 Å². The zero-order valence-corrected chi connectivity index (χ0v) is 25.7. The predicted molar refractivity (Wildman–Crippen MR) is 162 cm³/mol. The number of carbonyl (C=O) groups excluding carboxylic acids is 1. The van der Waals surface area contributed by atoms with Crippen molar-refractivity contribution in [3.63, 3.8) is 0 Å². The molecule has 1 atom stereocenters. The lowest BCUT2D eigenvalue weighted by molar-refractivity contribution is 0.00578. The number of nitrogens with zero attached hydrogens (tertiary/aromatic N) is 2. The topological polar surface area (TPSA) is 85.9 Å². The number of imidazole rings is 1. The maximum Gasteiger partial charge on any atom is 0.494 e. The summed E-state index contributed by atoms with van der Waals surface area (Å²) in [5.74, 6) is 1.72. The summed E-state index contributed by atoms with van der Waals surface area (Å²) in [5.41, 5.74) is 7.61. The number of carbonyl (C=O) groups is 1. The third kappa shape index (κ3) is 4.52. The first-order valence-electron chi connectivity index (χ1n) is 15.2. The van der Waals surface area contributed by atoms with Crippen LogP contribution in [-0.4, -0.2) is 51.4 Å². The number of hydrogen-bond acceptors (Lipinski definition) is 6. The molecule has 0 bridgehead atoms. The van der Waals surface area contributed by atoms with Gasteiger partial charge in [0, 0.05) is 23.4 Å². The molecule has 2 saturated heterocycles. The van der Waals surface area contributed by atoms with E-state index in [-0.39, 0.29) is 23.3 Å². The normalized spacial score (nSPS) is 21.7. The molecule has 1 aromatic heterocycles. The van der Waals surface area contributed by atoms with E-state index in [1.807, 2.05) is 25.7 Å². The summed E-state index contributed by atoms with van der Waals surface area (Å²) < 4.78 is 24.6. The first kappa shape index (κ1) is 27.5. The van der Waals surface area contributed by atoms with Crippen LogP contribution < -0.4 is 10.2 Å². The van der Waals surface area contributed by atoms with Gasteiger partial charge in [0.05, 0.1) is 22.9 Å². The van der Waals surface area contributed by atoms with Gasteiger partial charge < -0.3 is 23.8 Å². The number of aromatic nitrogens is 2. The Morgan fingerprint density at radius 2 is 1.79 bits per heavy atom. The van der Waals surface area contributed by atoms with Gasteiger partial charge in [0.2, 0.25) is 0 Å². The number of H-pyrrole nitrogens is 1. The van der Waals surface area contributed by atoms with Gasteiger partial charge in [-0.3, -0.25) is 4.90 Å². The van der Waals surface area contributed by atoms with E-state index in [4.69, 9.17) is 23.8 Å². The molecular weight excluding hydrogens is 529 g/mol. The number of fused-ring (bicyclic) bond motifs is 6. The first-order valence-corrected chi connectivity index (χ1v) is 15.2. The number of ether oxygens (including phenoxy) is 2. The molecule has 4 aliphatic rings. The Labute approximate surface area is 248 Å². The van der Waals surface area contributed by atoms with Gasteiger partial charge in [0.25, 0.3) is 0 Å². The lowest BCUT2D eigenvalue weighted by Gasteiger charge is -2.32. The van der Waals surface area contributed by atoms with Crippen molar-refractivity contribution >= 4 is 18.7 Å². The maximum absolute atomic E-state index is 12.9. The second-order valence-electron chi connectivity index (χ2n) is 14.1. The molecule has 3 aromatic rings. The van der Waals surface area contributed by atoms with Crippen molar-refractivity contribution in [3.8, 4) is 28.1 Å². The maximum atomic E-state index is 12.9. The molecule has 1 N–H and O–H groups in total. The molecule has 1 amide bonds. The van der Waals surface area contributed by atoms with E-state index in [1.165, 1.54) is 11.1 Å². The number of nitrogens with one attached hydrogen (secondary N) is 1. The van der Waals surface area contributed by atoms with E-state index >= 15 is 0 Å². The summed E-state index contributed by atoms with van der Waals surface area (Å²) in [6.07, 6.45) is 3.32. The van der Waals surface area contributed by atoms with Crippen LogP contribution in [0.1, 0.15) is 90.0 Å². The monoisotopic (exact) mass is 569 g/mol. The molecule has 4 heterocycles. The van der Waals surface area contributed by atoms with E-state index < -0.39 is 12.7 Å². The Bertz CT molecular complexity index is 1570. The zero-order chi connectivity index (χ0) is 29.6. The number of aromatic amines is 1. The molecule has 0 spiro atoms. The van der Waals surface area contributed by atoms with Crippen molar-refractivity contribution < 1.29 is 23.6 Å². The van der Waals surface area contributed by atoms with Gasteiger partial charge in [-0.15, -0.1) is 0 Å². The molecule has 0 radical (unpaired) electrons. The fraction of sp³-hybridized carbons (Fsp3) is 0.515. The minimum atomic E-state index is -0.531. The minimum absolute atomic E-state index is 0.104. The molecule has 8 nitrogen and oxygen atoms in total. The molecule has 2 aromatic carbocycles. The van der Waals surface area contributed by atoms with Crippen LogP contribution in [0.4, 0.5) is 4.79 Å². The van der Waals surface area contributed by atoms with Crippen LogP contribution in [0.3, 0.4) is 0 Å². The summed E-state index contributed by atoms with van der Waals surface area (Å²) in [4.78, 5) is 23.4. The van der Waals surface area contributed by atoms with Gasteiger partial charge in [0.15, 0.2) is 0 Å². The summed E-state index contributed by atoms with van der Waals surface area (Å²) in [7, 11) is -0.399. The van der Waals surface area contributed by atoms with Gasteiger partial charge in [-0.2, -0.15) is 0 Å². The average molecular weight is 570 g/mol. The molecule has 7 rings (SSSR count). The molecule has 9 heteroatoms. The molecule has 2 fully saturated rings. The highest BCUT2D eigenvalue weighted by Gasteiger charge is 2.51. The molecule has 0 saturated carbocycles. The Kier molecular flexibility index (Phi) is 6.13. The van der Waals surface area contributed by atoms with Crippen LogP contribution >= 0.6 is 0 Å². The highest BCUT2D eigenvalue weighted by Crippen LogP contribution is 2.45. The van der Waals surface area contributed by atoms with Gasteiger partial charge in [-0.25, -0.2) is 9.78 Å². The first-order chi connectivity index (χ1) is 19.8. The number of rotatable bonds is 2. The fourth-order valence-electron chi connectivity index (χ4n) is 6.50. The van der Waals surface area contributed by atoms with E-state index in [9.17, 15) is 4.79 Å². The third-order valence-electron chi connectivity index (χ3n) is 9.43. The minimum Gasteiger partial charge on any atom is -0.488 e. The van der Waals surface area contributed by atoms with Crippen molar-refractivity contribution in [2.45, 2.75) is 104 Å². The van der Waals surface area contributed by atoms with Gasteiger partial charge in [-0.05, 0) is 108 Å².